The lowest BCUT2D eigenvalue weighted by molar-refractivity contribution is 0.456. The molecule has 1 saturated heterocycles. The summed E-state index contributed by atoms with van der Waals surface area (Å²) >= 11 is 0. The standard InChI is InChI=1S/C27H31N7O2S/c1-4-23-25(24-8-6-5-7-19(24)2)30-27(32-37(35)22-17-29-33(3)18-22)31-26(23)36-21-11-9-20(10-12-21)34-15-13-28-14-16-34/h5-12,17-18,28H,4,13-16H2,1-3H3,(H,30,31,32). The van der Waals surface area contributed by atoms with Gasteiger partial charge in [-0.05, 0) is 43.2 Å². The Morgan fingerprint density at radius 1 is 1.08 bits per heavy atom. The van der Waals surface area contributed by atoms with Gasteiger partial charge in [0.05, 0.1) is 16.8 Å². The predicted molar refractivity (Wildman–Crippen MR) is 146 cm³/mol. The lowest BCUT2D eigenvalue weighted by Crippen LogP contribution is -2.43. The van der Waals surface area contributed by atoms with Crippen LogP contribution in [0.4, 0.5) is 11.6 Å². The van der Waals surface area contributed by atoms with Gasteiger partial charge in [-0.1, -0.05) is 31.2 Å². The van der Waals surface area contributed by atoms with Crippen molar-refractivity contribution in [3.63, 3.8) is 0 Å². The zero-order valence-electron chi connectivity index (χ0n) is 21.3. The maximum absolute atomic E-state index is 13.0. The van der Waals surface area contributed by atoms with Crippen molar-refractivity contribution in [2.75, 3.05) is 35.8 Å². The zero-order valence-corrected chi connectivity index (χ0v) is 22.1. The second-order valence-corrected chi connectivity index (χ2v) is 10.1. The molecule has 0 amide bonds. The van der Waals surface area contributed by atoms with Crippen molar-refractivity contribution in [1.29, 1.82) is 0 Å². The summed E-state index contributed by atoms with van der Waals surface area (Å²) in [5.41, 5.74) is 4.88. The van der Waals surface area contributed by atoms with Crippen molar-refractivity contribution in [2.24, 2.45) is 7.05 Å². The molecule has 2 N–H and O–H groups in total. The van der Waals surface area contributed by atoms with Crippen LogP contribution < -0.4 is 19.7 Å². The van der Waals surface area contributed by atoms with Gasteiger partial charge in [0.2, 0.25) is 11.8 Å². The highest BCUT2D eigenvalue weighted by Gasteiger charge is 2.20. The Balaban J connectivity index is 1.50. The van der Waals surface area contributed by atoms with E-state index in [1.54, 1.807) is 24.1 Å². The van der Waals surface area contributed by atoms with E-state index < -0.39 is 11.0 Å². The van der Waals surface area contributed by atoms with Gasteiger partial charge in [-0.2, -0.15) is 10.1 Å². The molecule has 0 aliphatic carbocycles. The van der Waals surface area contributed by atoms with Crippen LogP contribution >= 0.6 is 0 Å². The first-order chi connectivity index (χ1) is 18.0. The quantitative estimate of drug-likeness (QED) is 0.363. The monoisotopic (exact) mass is 517 g/mol. The molecule has 2 aromatic heterocycles. The first-order valence-electron chi connectivity index (χ1n) is 12.4. The van der Waals surface area contributed by atoms with E-state index in [-0.39, 0.29) is 5.95 Å². The summed E-state index contributed by atoms with van der Waals surface area (Å²) in [6.45, 7) is 8.03. The Bertz CT molecular complexity index is 1400. The van der Waals surface area contributed by atoms with Crippen molar-refractivity contribution in [1.82, 2.24) is 25.1 Å². The van der Waals surface area contributed by atoms with Gasteiger partial charge in [0.15, 0.2) is 11.0 Å². The smallest absolute Gasteiger partial charge is 0.238 e. The van der Waals surface area contributed by atoms with E-state index >= 15 is 0 Å². The fraction of sp³-hybridized carbons (Fsp3) is 0.296. The summed E-state index contributed by atoms with van der Waals surface area (Å²) < 4.78 is 23.8. The number of rotatable bonds is 8. The molecule has 5 rings (SSSR count). The Morgan fingerprint density at radius 3 is 2.51 bits per heavy atom. The van der Waals surface area contributed by atoms with E-state index in [1.807, 2.05) is 43.3 Å². The highest BCUT2D eigenvalue weighted by molar-refractivity contribution is 7.86. The maximum Gasteiger partial charge on any atom is 0.238 e. The summed E-state index contributed by atoms with van der Waals surface area (Å²) in [6, 6.07) is 16.1. The number of piperazine rings is 1. The fourth-order valence-corrected chi connectivity index (χ4v) is 5.14. The minimum atomic E-state index is -1.58. The molecule has 4 aromatic rings. The Morgan fingerprint density at radius 2 is 1.84 bits per heavy atom. The molecular formula is C27H31N7O2S. The van der Waals surface area contributed by atoms with E-state index in [9.17, 15) is 4.21 Å². The van der Waals surface area contributed by atoms with Gasteiger partial charge in [-0.25, -0.2) is 9.19 Å². The van der Waals surface area contributed by atoms with E-state index in [0.717, 1.165) is 48.6 Å². The highest BCUT2D eigenvalue weighted by atomic mass is 32.2. The molecule has 3 heterocycles. The average molecular weight is 518 g/mol. The van der Waals surface area contributed by atoms with E-state index in [2.05, 4.69) is 44.1 Å². The van der Waals surface area contributed by atoms with Crippen molar-refractivity contribution in [2.45, 2.75) is 25.2 Å². The van der Waals surface area contributed by atoms with Crippen LogP contribution in [0.3, 0.4) is 0 Å². The van der Waals surface area contributed by atoms with Gasteiger partial charge < -0.3 is 15.0 Å². The van der Waals surface area contributed by atoms with Crippen LogP contribution in [0.2, 0.25) is 0 Å². The molecule has 1 unspecified atom stereocenters. The number of nitrogens with one attached hydrogen (secondary N) is 2. The molecule has 0 saturated carbocycles. The largest absolute Gasteiger partial charge is 0.439 e. The van der Waals surface area contributed by atoms with Crippen LogP contribution in [-0.2, 0) is 24.5 Å². The number of hydrogen-bond acceptors (Lipinski definition) is 7. The molecule has 37 heavy (non-hydrogen) atoms. The van der Waals surface area contributed by atoms with Crippen molar-refractivity contribution in [3.8, 4) is 22.9 Å². The van der Waals surface area contributed by atoms with Gasteiger partial charge in [0.1, 0.15) is 5.75 Å². The second-order valence-electron chi connectivity index (χ2n) is 8.90. The molecule has 9 nitrogen and oxygen atoms in total. The molecule has 1 aliphatic heterocycles. The average Bonchev–Trinajstić information content (AvgIpc) is 3.36. The third kappa shape index (κ3) is 5.65. The summed E-state index contributed by atoms with van der Waals surface area (Å²) in [6.07, 6.45) is 3.93. The van der Waals surface area contributed by atoms with Crippen LogP contribution in [-0.4, -0.2) is 50.1 Å². The minimum absolute atomic E-state index is 0.227. The number of hydrogen-bond donors (Lipinski definition) is 2. The van der Waals surface area contributed by atoms with Gasteiger partial charge in [-0.15, -0.1) is 0 Å². The normalized spacial score (nSPS) is 14.4. The van der Waals surface area contributed by atoms with Crippen molar-refractivity contribution in [3.05, 3.63) is 72.1 Å². The number of aryl methyl sites for hydroxylation is 2. The minimum Gasteiger partial charge on any atom is -0.439 e. The number of ether oxygens (including phenoxy) is 1. The molecule has 0 bridgehead atoms. The van der Waals surface area contributed by atoms with E-state index in [1.165, 1.54) is 5.69 Å². The Labute approximate surface area is 219 Å². The lowest BCUT2D eigenvalue weighted by atomic mass is 10.0. The highest BCUT2D eigenvalue weighted by Crippen LogP contribution is 2.34. The molecule has 1 aliphatic rings. The summed E-state index contributed by atoms with van der Waals surface area (Å²) in [5.74, 6) is 1.35. The van der Waals surface area contributed by atoms with Crippen molar-refractivity contribution >= 4 is 22.6 Å². The van der Waals surface area contributed by atoms with Gasteiger partial charge in [0.25, 0.3) is 0 Å². The Hall–Kier alpha value is -3.76. The second kappa shape index (κ2) is 11.1. The molecule has 0 spiro atoms. The molecule has 0 radical (unpaired) electrons. The van der Waals surface area contributed by atoms with E-state index in [4.69, 9.17) is 9.72 Å². The number of benzene rings is 2. The lowest BCUT2D eigenvalue weighted by Gasteiger charge is -2.29. The Kier molecular flexibility index (Phi) is 7.47. The summed E-state index contributed by atoms with van der Waals surface area (Å²) in [5, 5.41) is 7.49. The molecule has 192 valence electrons. The summed E-state index contributed by atoms with van der Waals surface area (Å²) in [7, 11) is 0.203. The first kappa shape index (κ1) is 24.9. The molecule has 1 fully saturated rings. The first-order valence-corrected chi connectivity index (χ1v) is 13.5. The van der Waals surface area contributed by atoms with Crippen LogP contribution in [0.15, 0.2) is 65.8 Å². The van der Waals surface area contributed by atoms with Crippen molar-refractivity contribution < 1.29 is 8.95 Å². The third-order valence-corrected chi connectivity index (χ3v) is 7.34. The molecule has 10 heteroatoms. The summed E-state index contributed by atoms with van der Waals surface area (Å²) in [4.78, 5) is 12.3. The number of aromatic nitrogens is 4. The third-order valence-electron chi connectivity index (χ3n) is 6.34. The van der Waals surface area contributed by atoms with Crippen LogP contribution in [0.25, 0.3) is 11.3 Å². The van der Waals surface area contributed by atoms with Gasteiger partial charge in [-0.3, -0.25) is 9.40 Å². The van der Waals surface area contributed by atoms with Gasteiger partial charge in [0, 0.05) is 56.2 Å². The topological polar surface area (TPSA) is 97.2 Å². The van der Waals surface area contributed by atoms with E-state index in [0.29, 0.717) is 22.9 Å². The molecule has 2 aromatic carbocycles. The van der Waals surface area contributed by atoms with Crippen LogP contribution in [0.1, 0.15) is 18.1 Å². The van der Waals surface area contributed by atoms with Crippen LogP contribution in [0, 0.1) is 6.92 Å². The SMILES string of the molecule is CCc1c(Oc2ccc(N3CCNCC3)cc2)nc(NS(=O)c2cnn(C)c2)nc1-c1ccccc1C. The number of nitrogens with zero attached hydrogens (tertiary/aromatic N) is 5. The molecule has 1 atom stereocenters. The van der Waals surface area contributed by atoms with Crippen LogP contribution in [0.5, 0.6) is 11.6 Å². The predicted octanol–water partition coefficient (Wildman–Crippen LogP) is 4.08. The maximum atomic E-state index is 13.0. The van der Waals surface area contributed by atoms with Gasteiger partial charge >= 0.3 is 0 Å². The number of anilines is 2. The fourth-order valence-electron chi connectivity index (χ4n) is 4.37. The zero-order chi connectivity index (χ0) is 25.8. The molecular weight excluding hydrogens is 486 g/mol.